The van der Waals surface area contributed by atoms with Gasteiger partial charge in [-0.25, -0.2) is 4.79 Å². The highest BCUT2D eigenvalue weighted by atomic mass is 32.1. The highest BCUT2D eigenvalue weighted by molar-refractivity contribution is 7.14. The molecule has 18 heavy (non-hydrogen) atoms. The Labute approximate surface area is 108 Å². The van der Waals surface area contributed by atoms with E-state index in [-0.39, 0.29) is 11.5 Å². The van der Waals surface area contributed by atoms with Gasteiger partial charge < -0.3 is 14.4 Å². The van der Waals surface area contributed by atoms with E-state index in [2.05, 4.69) is 10.2 Å². The summed E-state index contributed by atoms with van der Waals surface area (Å²) in [6, 6.07) is 1.77. The van der Waals surface area contributed by atoms with Gasteiger partial charge in [-0.1, -0.05) is 6.92 Å². The van der Waals surface area contributed by atoms with E-state index in [9.17, 15) is 4.79 Å². The summed E-state index contributed by atoms with van der Waals surface area (Å²) >= 11 is 1.24. The van der Waals surface area contributed by atoms with Crippen molar-refractivity contribution in [2.75, 3.05) is 0 Å². The number of nitrogens with zero attached hydrogens (tertiary/aromatic N) is 3. The van der Waals surface area contributed by atoms with Crippen molar-refractivity contribution in [1.82, 2.24) is 14.8 Å². The first kappa shape index (κ1) is 12.6. The molecule has 0 spiro atoms. The maximum absolute atomic E-state index is 11.1. The van der Waals surface area contributed by atoms with Gasteiger partial charge in [-0.05, 0) is 12.5 Å². The molecule has 0 aliphatic heterocycles. The highest BCUT2D eigenvalue weighted by Gasteiger charge is 2.16. The monoisotopic (exact) mass is 267 g/mol. The second-order valence-corrected chi connectivity index (χ2v) is 4.85. The Hall–Kier alpha value is -1.89. The Morgan fingerprint density at radius 2 is 2.39 bits per heavy atom. The molecule has 6 nitrogen and oxygen atoms in total. The average Bonchev–Trinajstić information content (AvgIpc) is 2.92. The molecule has 2 aromatic rings. The van der Waals surface area contributed by atoms with Crippen LogP contribution in [-0.4, -0.2) is 25.8 Å². The highest BCUT2D eigenvalue weighted by Crippen LogP contribution is 2.30. The van der Waals surface area contributed by atoms with Gasteiger partial charge in [0.2, 0.25) is 0 Å². The average molecular weight is 267 g/mol. The SMILES string of the molecule is CCc1cc(OCc2nncn2C)c(C(=O)O)s1. The molecule has 0 saturated heterocycles. The smallest absolute Gasteiger partial charge is 0.349 e. The van der Waals surface area contributed by atoms with E-state index in [1.165, 1.54) is 11.3 Å². The number of rotatable bonds is 5. The fourth-order valence-corrected chi connectivity index (χ4v) is 2.31. The van der Waals surface area contributed by atoms with Gasteiger partial charge in [-0.2, -0.15) is 0 Å². The molecule has 0 bridgehead atoms. The van der Waals surface area contributed by atoms with Crippen molar-refractivity contribution in [1.29, 1.82) is 0 Å². The molecule has 1 N–H and O–H groups in total. The molecule has 7 heteroatoms. The number of hydrogen-bond donors (Lipinski definition) is 1. The van der Waals surface area contributed by atoms with Gasteiger partial charge in [0.1, 0.15) is 18.7 Å². The predicted molar refractivity (Wildman–Crippen MR) is 66.0 cm³/mol. The predicted octanol–water partition coefficient (Wildman–Crippen LogP) is 1.72. The van der Waals surface area contributed by atoms with Crippen LogP contribution in [0.25, 0.3) is 0 Å². The number of ether oxygens (including phenoxy) is 1. The van der Waals surface area contributed by atoms with Gasteiger partial charge >= 0.3 is 5.97 Å². The van der Waals surface area contributed by atoms with Crippen molar-refractivity contribution in [2.45, 2.75) is 20.0 Å². The largest absolute Gasteiger partial charge is 0.484 e. The van der Waals surface area contributed by atoms with E-state index in [0.29, 0.717) is 11.6 Å². The molecule has 96 valence electrons. The normalized spacial score (nSPS) is 10.6. The summed E-state index contributed by atoms with van der Waals surface area (Å²) < 4.78 is 7.24. The summed E-state index contributed by atoms with van der Waals surface area (Å²) in [7, 11) is 1.81. The molecule has 0 unspecified atom stereocenters. The lowest BCUT2D eigenvalue weighted by Gasteiger charge is -2.04. The Kier molecular flexibility index (Phi) is 3.61. The summed E-state index contributed by atoms with van der Waals surface area (Å²) in [4.78, 5) is 12.3. The van der Waals surface area contributed by atoms with Crippen molar-refractivity contribution in [3.05, 3.63) is 28.0 Å². The fourth-order valence-electron chi connectivity index (χ4n) is 1.43. The number of aromatic carboxylic acids is 1. The fraction of sp³-hybridized carbons (Fsp3) is 0.364. The van der Waals surface area contributed by atoms with Gasteiger partial charge in [0.05, 0.1) is 0 Å². The Balaban J connectivity index is 2.16. The summed E-state index contributed by atoms with van der Waals surface area (Å²) in [5, 5.41) is 16.7. The molecule has 2 aromatic heterocycles. The number of aryl methyl sites for hydroxylation is 2. The zero-order chi connectivity index (χ0) is 13.1. The van der Waals surface area contributed by atoms with Crippen LogP contribution in [0.3, 0.4) is 0 Å². The van der Waals surface area contributed by atoms with Crippen molar-refractivity contribution >= 4 is 17.3 Å². The lowest BCUT2D eigenvalue weighted by atomic mass is 10.3. The van der Waals surface area contributed by atoms with Gasteiger partial charge in [0, 0.05) is 11.9 Å². The number of thiophene rings is 1. The third kappa shape index (κ3) is 2.51. The molecule has 0 aliphatic rings. The Bertz CT molecular complexity index is 562. The molecule has 2 rings (SSSR count). The molecule has 0 aromatic carbocycles. The minimum absolute atomic E-state index is 0.205. The summed E-state index contributed by atoms with van der Waals surface area (Å²) in [5.74, 6) is 0.0793. The van der Waals surface area contributed by atoms with Crippen molar-refractivity contribution in [3.63, 3.8) is 0 Å². The first-order valence-corrected chi connectivity index (χ1v) is 6.25. The molecular formula is C11H13N3O3S. The van der Waals surface area contributed by atoms with Crippen LogP contribution in [0.5, 0.6) is 5.75 Å². The maximum atomic E-state index is 11.1. The zero-order valence-corrected chi connectivity index (χ0v) is 10.9. The van der Waals surface area contributed by atoms with Gasteiger partial charge in [-0.3, -0.25) is 0 Å². The van der Waals surface area contributed by atoms with E-state index in [1.54, 1.807) is 17.0 Å². The van der Waals surface area contributed by atoms with E-state index in [0.717, 1.165) is 11.3 Å². The Morgan fingerprint density at radius 3 is 2.94 bits per heavy atom. The van der Waals surface area contributed by atoms with Gasteiger partial charge in [0.15, 0.2) is 10.7 Å². The van der Waals surface area contributed by atoms with Crippen molar-refractivity contribution < 1.29 is 14.6 Å². The molecule has 0 aliphatic carbocycles. The zero-order valence-electron chi connectivity index (χ0n) is 10.1. The van der Waals surface area contributed by atoms with Crippen LogP contribution < -0.4 is 4.74 Å². The van der Waals surface area contributed by atoms with Crippen molar-refractivity contribution in [2.24, 2.45) is 7.05 Å². The standard InChI is InChI=1S/C11H13N3O3S/c1-3-7-4-8(10(18-7)11(15)16)17-5-9-13-12-6-14(9)2/h4,6H,3,5H2,1-2H3,(H,15,16). The summed E-state index contributed by atoms with van der Waals surface area (Å²) in [5.41, 5.74) is 0. The summed E-state index contributed by atoms with van der Waals surface area (Å²) in [6.07, 6.45) is 2.36. The van der Waals surface area contributed by atoms with E-state index in [1.807, 2.05) is 14.0 Å². The van der Waals surface area contributed by atoms with E-state index >= 15 is 0 Å². The number of carboxylic acid groups (broad SMARTS) is 1. The number of aromatic nitrogens is 3. The topological polar surface area (TPSA) is 77.2 Å². The number of carbonyl (C=O) groups is 1. The van der Waals surface area contributed by atoms with Crippen LogP contribution in [0.15, 0.2) is 12.4 Å². The minimum Gasteiger partial charge on any atom is -0.484 e. The Morgan fingerprint density at radius 1 is 1.61 bits per heavy atom. The molecular weight excluding hydrogens is 254 g/mol. The first-order chi connectivity index (χ1) is 8.61. The van der Waals surface area contributed by atoms with Crippen LogP contribution in [0.1, 0.15) is 27.3 Å². The first-order valence-electron chi connectivity index (χ1n) is 5.43. The lowest BCUT2D eigenvalue weighted by Crippen LogP contribution is -2.04. The number of hydrogen-bond acceptors (Lipinski definition) is 5. The molecule has 0 fully saturated rings. The quantitative estimate of drug-likeness (QED) is 0.892. The van der Waals surface area contributed by atoms with Crippen LogP contribution in [0.4, 0.5) is 0 Å². The molecule has 0 radical (unpaired) electrons. The lowest BCUT2D eigenvalue weighted by molar-refractivity contribution is 0.0697. The molecule has 0 atom stereocenters. The van der Waals surface area contributed by atoms with Crippen molar-refractivity contribution in [3.8, 4) is 5.75 Å². The van der Waals surface area contributed by atoms with Crippen LogP contribution >= 0.6 is 11.3 Å². The van der Waals surface area contributed by atoms with Crippen LogP contribution in [0, 0.1) is 0 Å². The van der Waals surface area contributed by atoms with Gasteiger partial charge in [0.25, 0.3) is 0 Å². The molecule has 0 saturated carbocycles. The van der Waals surface area contributed by atoms with E-state index < -0.39 is 5.97 Å². The molecule has 2 heterocycles. The number of carboxylic acids is 1. The second kappa shape index (κ2) is 5.18. The van der Waals surface area contributed by atoms with Crippen LogP contribution in [0.2, 0.25) is 0 Å². The minimum atomic E-state index is -0.965. The van der Waals surface area contributed by atoms with E-state index in [4.69, 9.17) is 9.84 Å². The second-order valence-electron chi connectivity index (χ2n) is 3.71. The van der Waals surface area contributed by atoms with Crippen LogP contribution in [-0.2, 0) is 20.1 Å². The maximum Gasteiger partial charge on any atom is 0.349 e. The third-order valence-electron chi connectivity index (χ3n) is 2.45. The van der Waals surface area contributed by atoms with Gasteiger partial charge in [-0.15, -0.1) is 21.5 Å². The third-order valence-corrected chi connectivity index (χ3v) is 3.70. The summed E-state index contributed by atoms with van der Waals surface area (Å²) in [6.45, 7) is 2.18. The molecule has 0 amide bonds.